The number of aromatic nitrogens is 4. The summed E-state index contributed by atoms with van der Waals surface area (Å²) < 4.78 is 7.44. The molecule has 2 aromatic heterocycles. The van der Waals surface area contributed by atoms with Crippen molar-refractivity contribution >= 4 is 28.7 Å². The number of fused-ring (bicyclic) bond motifs is 1. The maximum Gasteiger partial charge on any atom is 0.224 e. The summed E-state index contributed by atoms with van der Waals surface area (Å²) in [6, 6.07) is 0.265. The van der Waals surface area contributed by atoms with Gasteiger partial charge in [-0.2, -0.15) is 4.98 Å². The van der Waals surface area contributed by atoms with Gasteiger partial charge in [-0.25, -0.2) is 9.97 Å². The summed E-state index contributed by atoms with van der Waals surface area (Å²) in [7, 11) is 0. The third-order valence-electron chi connectivity index (χ3n) is 3.35. The summed E-state index contributed by atoms with van der Waals surface area (Å²) >= 11 is 5.89. The Morgan fingerprint density at radius 3 is 2.95 bits per heavy atom. The lowest BCUT2D eigenvalue weighted by atomic mass is 10.1. The Morgan fingerprint density at radius 1 is 1.40 bits per heavy atom. The lowest BCUT2D eigenvalue weighted by Crippen LogP contribution is -2.22. The van der Waals surface area contributed by atoms with Crippen molar-refractivity contribution in [2.24, 2.45) is 0 Å². The summed E-state index contributed by atoms with van der Waals surface area (Å²) in [4.78, 5) is 12.7. The van der Waals surface area contributed by atoms with Crippen molar-refractivity contribution in [3.8, 4) is 0 Å². The van der Waals surface area contributed by atoms with E-state index in [0.717, 1.165) is 31.7 Å². The van der Waals surface area contributed by atoms with Gasteiger partial charge in [0.2, 0.25) is 11.2 Å². The summed E-state index contributed by atoms with van der Waals surface area (Å²) in [5.41, 5.74) is 1.42. The van der Waals surface area contributed by atoms with E-state index in [2.05, 4.69) is 20.3 Å². The second-order valence-corrected chi connectivity index (χ2v) is 4.99. The lowest BCUT2D eigenvalue weighted by Gasteiger charge is -2.25. The highest BCUT2D eigenvalue weighted by Crippen LogP contribution is 2.29. The molecule has 20 heavy (non-hydrogen) atoms. The molecule has 1 fully saturated rings. The van der Waals surface area contributed by atoms with Gasteiger partial charge in [-0.05, 0) is 24.4 Å². The van der Waals surface area contributed by atoms with Crippen LogP contribution in [-0.4, -0.2) is 51.0 Å². The van der Waals surface area contributed by atoms with Gasteiger partial charge in [-0.3, -0.25) is 4.57 Å². The van der Waals surface area contributed by atoms with Gasteiger partial charge in [0, 0.05) is 25.8 Å². The van der Waals surface area contributed by atoms with Gasteiger partial charge >= 0.3 is 0 Å². The molecule has 2 N–H and O–H groups in total. The molecule has 0 unspecified atom stereocenters. The predicted octanol–water partition coefficient (Wildman–Crippen LogP) is 1.24. The molecular weight excluding hydrogens is 282 g/mol. The third kappa shape index (κ3) is 2.56. The lowest BCUT2D eigenvalue weighted by molar-refractivity contribution is 0.0709. The Balaban J connectivity index is 2.05. The van der Waals surface area contributed by atoms with Gasteiger partial charge in [0.1, 0.15) is 5.52 Å². The first-order chi connectivity index (χ1) is 9.79. The highest BCUT2D eigenvalue weighted by molar-refractivity contribution is 6.28. The average Bonchev–Trinajstić information content (AvgIpc) is 2.83. The Morgan fingerprint density at radius 2 is 2.20 bits per heavy atom. The minimum absolute atomic E-state index is 0.0451. The van der Waals surface area contributed by atoms with Gasteiger partial charge in [-0.15, -0.1) is 0 Å². The van der Waals surface area contributed by atoms with E-state index in [1.807, 2.05) is 4.57 Å². The molecule has 2 aromatic rings. The zero-order valence-corrected chi connectivity index (χ0v) is 11.7. The average molecular weight is 298 g/mol. The first-order valence-electron chi connectivity index (χ1n) is 6.62. The van der Waals surface area contributed by atoms with Crippen molar-refractivity contribution in [1.29, 1.82) is 0 Å². The van der Waals surface area contributed by atoms with E-state index in [1.165, 1.54) is 0 Å². The van der Waals surface area contributed by atoms with Crippen LogP contribution in [0.1, 0.15) is 18.9 Å². The van der Waals surface area contributed by atoms with E-state index in [9.17, 15) is 0 Å². The zero-order chi connectivity index (χ0) is 13.9. The molecule has 0 aliphatic carbocycles. The van der Waals surface area contributed by atoms with Gasteiger partial charge < -0.3 is 15.2 Å². The van der Waals surface area contributed by atoms with Gasteiger partial charge in [0.15, 0.2) is 5.65 Å². The van der Waals surface area contributed by atoms with Crippen LogP contribution < -0.4 is 5.32 Å². The number of hydrogen-bond donors (Lipinski definition) is 2. The molecule has 1 saturated heterocycles. The summed E-state index contributed by atoms with van der Waals surface area (Å²) in [5.74, 6) is 0.692. The SMILES string of the molecule is OCCNc1nc2cnc(Cl)nc2n1C1CCOCC1. The maximum atomic E-state index is 8.98. The van der Waals surface area contributed by atoms with Gasteiger partial charge in [0.05, 0.1) is 12.8 Å². The molecule has 0 aromatic carbocycles. The van der Waals surface area contributed by atoms with E-state index >= 15 is 0 Å². The van der Waals surface area contributed by atoms with Crippen molar-refractivity contribution in [1.82, 2.24) is 19.5 Å². The van der Waals surface area contributed by atoms with Crippen LogP contribution in [0.2, 0.25) is 5.28 Å². The van der Waals surface area contributed by atoms with E-state index in [1.54, 1.807) is 6.20 Å². The highest BCUT2D eigenvalue weighted by Gasteiger charge is 2.22. The number of rotatable bonds is 4. The minimum Gasteiger partial charge on any atom is -0.395 e. The van der Waals surface area contributed by atoms with Crippen LogP contribution in [0.25, 0.3) is 11.2 Å². The Labute approximate surface area is 121 Å². The molecule has 1 aliphatic rings. The maximum absolute atomic E-state index is 8.98. The normalized spacial score (nSPS) is 16.7. The molecule has 0 amide bonds. The van der Waals surface area contributed by atoms with Crippen molar-refractivity contribution in [2.45, 2.75) is 18.9 Å². The molecule has 0 spiro atoms. The van der Waals surface area contributed by atoms with Gasteiger partial charge in [0.25, 0.3) is 0 Å². The second kappa shape index (κ2) is 5.90. The number of nitrogens with zero attached hydrogens (tertiary/aromatic N) is 4. The molecule has 8 heteroatoms. The number of aliphatic hydroxyl groups excluding tert-OH is 1. The van der Waals surface area contributed by atoms with Gasteiger partial charge in [-0.1, -0.05) is 0 Å². The standard InChI is InChI=1S/C12H16ClN5O2/c13-11-15-7-9-10(17-11)18(8-1-5-20-6-2-8)12(16-9)14-3-4-19/h7-8,19H,1-6H2,(H,14,16). The quantitative estimate of drug-likeness (QED) is 0.826. The third-order valence-corrected chi connectivity index (χ3v) is 3.54. The molecule has 0 radical (unpaired) electrons. The van der Waals surface area contributed by atoms with Crippen LogP contribution in [0.15, 0.2) is 6.20 Å². The zero-order valence-electron chi connectivity index (χ0n) is 10.9. The van der Waals surface area contributed by atoms with Crippen LogP contribution in [0.3, 0.4) is 0 Å². The van der Waals surface area contributed by atoms with Crippen molar-refractivity contribution in [3.63, 3.8) is 0 Å². The first-order valence-corrected chi connectivity index (χ1v) is 7.00. The molecule has 0 saturated carbocycles. The minimum atomic E-state index is 0.0451. The van der Waals surface area contributed by atoms with E-state index < -0.39 is 0 Å². The molecule has 3 heterocycles. The van der Waals surface area contributed by atoms with Crippen LogP contribution in [0.5, 0.6) is 0 Å². The molecule has 0 bridgehead atoms. The Kier molecular flexibility index (Phi) is 4.00. The largest absolute Gasteiger partial charge is 0.395 e. The molecular formula is C12H16ClN5O2. The first kappa shape index (κ1) is 13.5. The number of halogens is 1. The van der Waals surface area contributed by atoms with E-state index in [0.29, 0.717) is 18.0 Å². The molecule has 0 atom stereocenters. The number of imidazole rings is 1. The fraction of sp³-hybridized carbons (Fsp3) is 0.583. The van der Waals surface area contributed by atoms with Crippen molar-refractivity contribution < 1.29 is 9.84 Å². The van der Waals surface area contributed by atoms with Crippen molar-refractivity contribution in [3.05, 3.63) is 11.5 Å². The smallest absolute Gasteiger partial charge is 0.224 e. The Bertz CT molecular complexity index is 597. The number of anilines is 1. The number of aliphatic hydroxyl groups is 1. The number of ether oxygens (including phenoxy) is 1. The van der Waals surface area contributed by atoms with Crippen LogP contribution in [0, 0.1) is 0 Å². The van der Waals surface area contributed by atoms with Crippen LogP contribution >= 0.6 is 11.6 Å². The number of hydrogen-bond acceptors (Lipinski definition) is 6. The van der Waals surface area contributed by atoms with Crippen LogP contribution in [0.4, 0.5) is 5.95 Å². The molecule has 3 rings (SSSR count). The summed E-state index contributed by atoms with van der Waals surface area (Å²) in [5, 5.41) is 12.3. The molecule has 1 aliphatic heterocycles. The second-order valence-electron chi connectivity index (χ2n) is 4.65. The monoisotopic (exact) mass is 297 g/mol. The highest BCUT2D eigenvalue weighted by atomic mass is 35.5. The molecule has 7 nitrogen and oxygen atoms in total. The fourth-order valence-corrected chi connectivity index (χ4v) is 2.58. The number of nitrogens with one attached hydrogen (secondary N) is 1. The van der Waals surface area contributed by atoms with E-state index in [-0.39, 0.29) is 17.9 Å². The summed E-state index contributed by atoms with van der Waals surface area (Å²) in [6.45, 7) is 1.93. The fourth-order valence-electron chi connectivity index (χ4n) is 2.45. The van der Waals surface area contributed by atoms with E-state index in [4.69, 9.17) is 21.4 Å². The van der Waals surface area contributed by atoms with Crippen molar-refractivity contribution in [2.75, 3.05) is 31.7 Å². The predicted molar refractivity (Wildman–Crippen MR) is 75.0 cm³/mol. The van der Waals surface area contributed by atoms with Crippen LogP contribution in [-0.2, 0) is 4.74 Å². The Hall–Kier alpha value is -1.44. The summed E-state index contributed by atoms with van der Waals surface area (Å²) in [6.07, 6.45) is 3.42. The molecule has 108 valence electrons. The topological polar surface area (TPSA) is 85.1 Å².